The molecule has 2 rings (SSSR count). The normalized spacial score (nSPS) is 12.8. The van der Waals surface area contributed by atoms with Crippen LogP contribution in [0, 0.1) is 5.82 Å². The second-order valence-corrected chi connectivity index (χ2v) is 6.71. The molecule has 0 spiro atoms. The van der Waals surface area contributed by atoms with Crippen LogP contribution in [-0.2, 0) is 10.0 Å². The van der Waals surface area contributed by atoms with E-state index in [1.165, 1.54) is 10.8 Å². The molecule has 120 valence electrons. The largest absolute Gasteiger partial charge is 0.402 e. The summed E-state index contributed by atoms with van der Waals surface area (Å²) in [5, 5.41) is -0.908. The first kappa shape index (κ1) is 17.2. The van der Waals surface area contributed by atoms with Gasteiger partial charge >= 0.3 is 6.18 Å². The van der Waals surface area contributed by atoms with E-state index < -0.39 is 38.5 Å². The number of alkyl halides is 3. The molecule has 0 amide bonds. The fourth-order valence-corrected chi connectivity index (χ4v) is 3.41. The lowest BCUT2D eigenvalue weighted by molar-refractivity contribution is -0.121. The summed E-state index contributed by atoms with van der Waals surface area (Å²) in [5.41, 5.74) is -0.0234. The molecule has 1 aromatic carbocycles. The van der Waals surface area contributed by atoms with Crippen molar-refractivity contribution in [3.63, 3.8) is 0 Å². The van der Waals surface area contributed by atoms with E-state index in [0.717, 1.165) is 12.3 Å². The Balaban J connectivity index is 2.55. The molecule has 0 unspecified atom stereocenters. The summed E-state index contributed by atoms with van der Waals surface area (Å²) in [5.74, 6) is -0.937. The minimum Gasteiger partial charge on any atom is -0.255 e. The second-order valence-electron chi connectivity index (χ2n) is 4.16. The predicted molar refractivity (Wildman–Crippen MR) is 73.0 cm³/mol. The molecule has 0 radical (unpaired) electrons. The topological polar surface area (TPSA) is 59.1 Å². The van der Waals surface area contributed by atoms with Crippen molar-refractivity contribution in [3.8, 4) is 0 Å². The van der Waals surface area contributed by atoms with Gasteiger partial charge in [0.1, 0.15) is 17.3 Å². The first-order valence-electron chi connectivity index (χ1n) is 5.51. The highest BCUT2D eigenvalue weighted by Crippen LogP contribution is 2.32. The Morgan fingerprint density at radius 1 is 1.23 bits per heavy atom. The van der Waals surface area contributed by atoms with E-state index >= 15 is 0 Å². The lowest BCUT2D eigenvalue weighted by Gasteiger charge is -2.11. The molecule has 0 saturated heterocycles. The summed E-state index contributed by atoms with van der Waals surface area (Å²) in [6, 6.07) is 2.13. The molecule has 0 aliphatic heterocycles. The molecule has 0 fully saturated rings. The average molecular weight is 377 g/mol. The number of fused-ring (bicyclic) bond motifs is 1. The molecule has 22 heavy (non-hydrogen) atoms. The minimum absolute atomic E-state index is 0.0133. The average Bonchev–Trinajstić information content (AvgIpc) is 2.34. The van der Waals surface area contributed by atoms with E-state index in [9.17, 15) is 26.0 Å². The van der Waals surface area contributed by atoms with Gasteiger partial charge in [0.2, 0.25) is 10.0 Å². The monoisotopic (exact) mass is 376 g/mol. The summed E-state index contributed by atoms with van der Waals surface area (Å²) in [4.78, 5) is 2.91. The van der Waals surface area contributed by atoms with Gasteiger partial charge in [0, 0.05) is 11.2 Å². The highest BCUT2D eigenvalue weighted by atomic mass is 35.5. The van der Waals surface area contributed by atoms with Gasteiger partial charge in [0.05, 0.1) is 15.9 Å². The molecule has 4 nitrogen and oxygen atoms in total. The summed E-state index contributed by atoms with van der Waals surface area (Å²) in [7, 11) is -4.61. The maximum atomic E-state index is 13.8. The third-order valence-corrected chi connectivity index (χ3v) is 4.68. The Hall–Kier alpha value is -1.16. The van der Waals surface area contributed by atoms with Crippen LogP contribution >= 0.6 is 23.2 Å². The Morgan fingerprint density at radius 3 is 2.45 bits per heavy atom. The van der Waals surface area contributed by atoms with Gasteiger partial charge in [-0.2, -0.15) is 13.2 Å². The van der Waals surface area contributed by atoms with Crippen LogP contribution in [-0.4, -0.2) is 26.1 Å². The van der Waals surface area contributed by atoms with E-state index in [-0.39, 0.29) is 15.9 Å². The fourth-order valence-electron chi connectivity index (χ4n) is 1.63. The van der Waals surface area contributed by atoms with Gasteiger partial charge in [0.15, 0.2) is 0 Å². The van der Waals surface area contributed by atoms with Crippen LogP contribution in [0.5, 0.6) is 0 Å². The zero-order valence-corrected chi connectivity index (χ0v) is 12.7. The minimum atomic E-state index is -4.75. The van der Waals surface area contributed by atoms with Crippen LogP contribution in [0.1, 0.15) is 0 Å². The molecular weight excluding hydrogens is 371 g/mol. The summed E-state index contributed by atoms with van der Waals surface area (Å²) in [6.07, 6.45) is -4.01. The van der Waals surface area contributed by atoms with Gasteiger partial charge in [-0.15, -0.1) is 0 Å². The zero-order chi connectivity index (χ0) is 16.7. The molecule has 1 heterocycles. The van der Waals surface area contributed by atoms with Crippen molar-refractivity contribution in [1.29, 1.82) is 0 Å². The number of sulfonamides is 1. The van der Waals surface area contributed by atoms with Crippen molar-refractivity contribution in [2.24, 2.45) is 0 Å². The molecule has 0 atom stereocenters. The van der Waals surface area contributed by atoms with Crippen molar-refractivity contribution in [1.82, 2.24) is 9.71 Å². The Morgan fingerprint density at radius 2 is 1.86 bits per heavy atom. The van der Waals surface area contributed by atoms with Crippen LogP contribution < -0.4 is 4.72 Å². The van der Waals surface area contributed by atoms with Crippen molar-refractivity contribution in [3.05, 3.63) is 34.2 Å². The third kappa shape index (κ3) is 3.60. The van der Waals surface area contributed by atoms with Crippen molar-refractivity contribution < 1.29 is 26.0 Å². The maximum Gasteiger partial charge on any atom is 0.402 e. The van der Waals surface area contributed by atoms with E-state index in [4.69, 9.17) is 23.2 Å². The fraction of sp³-hybridized carbons (Fsp3) is 0.182. The molecule has 1 N–H and O–H groups in total. The molecule has 2 aromatic rings. The van der Waals surface area contributed by atoms with Gasteiger partial charge in [0.25, 0.3) is 0 Å². The lowest BCUT2D eigenvalue weighted by atomic mass is 10.2. The standard InChI is InChI=1S/C11H6Cl2F4N2O2S/c12-5-1-6(14)9-7(2-5)18-3-8(10(9)13)22(20,21)19-4-11(15,16)17/h1-3,19H,4H2. The van der Waals surface area contributed by atoms with Gasteiger partial charge < -0.3 is 0 Å². The number of nitrogens with one attached hydrogen (secondary N) is 1. The number of halogens is 6. The second kappa shape index (κ2) is 5.80. The van der Waals surface area contributed by atoms with E-state index in [2.05, 4.69) is 4.98 Å². The lowest BCUT2D eigenvalue weighted by Crippen LogP contribution is -2.34. The van der Waals surface area contributed by atoms with Crippen molar-refractivity contribution in [2.75, 3.05) is 6.54 Å². The molecule has 0 aliphatic rings. The van der Waals surface area contributed by atoms with E-state index in [1.807, 2.05) is 0 Å². The summed E-state index contributed by atoms with van der Waals surface area (Å²) in [6.45, 7) is -1.78. The molecule has 0 bridgehead atoms. The molecule has 0 aliphatic carbocycles. The number of benzene rings is 1. The smallest absolute Gasteiger partial charge is 0.255 e. The van der Waals surface area contributed by atoms with Crippen LogP contribution in [0.2, 0.25) is 10.0 Å². The van der Waals surface area contributed by atoms with Crippen LogP contribution in [0.3, 0.4) is 0 Å². The number of hydrogen-bond donors (Lipinski definition) is 1. The van der Waals surface area contributed by atoms with Gasteiger partial charge in [-0.1, -0.05) is 23.2 Å². The molecule has 0 saturated carbocycles. The highest BCUT2D eigenvalue weighted by Gasteiger charge is 2.31. The van der Waals surface area contributed by atoms with Crippen molar-refractivity contribution in [2.45, 2.75) is 11.1 Å². The zero-order valence-electron chi connectivity index (χ0n) is 10.4. The summed E-state index contributed by atoms with van der Waals surface area (Å²) >= 11 is 11.4. The third-order valence-electron chi connectivity index (χ3n) is 2.54. The first-order chi connectivity index (χ1) is 10.0. The predicted octanol–water partition coefficient (Wildman–Crippen LogP) is 3.52. The summed E-state index contributed by atoms with van der Waals surface area (Å²) < 4.78 is 75.2. The Kier molecular flexibility index (Phi) is 4.54. The van der Waals surface area contributed by atoms with E-state index in [1.54, 1.807) is 0 Å². The number of nitrogens with zero attached hydrogens (tertiary/aromatic N) is 1. The Labute approximate surface area is 132 Å². The Bertz CT molecular complexity index is 840. The molecule has 1 aromatic heterocycles. The van der Waals surface area contributed by atoms with Gasteiger partial charge in [-0.25, -0.2) is 17.5 Å². The SMILES string of the molecule is O=S(=O)(NCC(F)(F)F)c1cnc2cc(Cl)cc(F)c2c1Cl. The molecule has 11 heteroatoms. The molecular formula is C11H6Cl2F4N2O2S. The maximum absolute atomic E-state index is 13.8. The number of pyridine rings is 1. The first-order valence-corrected chi connectivity index (χ1v) is 7.75. The van der Waals surface area contributed by atoms with Crippen LogP contribution in [0.25, 0.3) is 10.9 Å². The highest BCUT2D eigenvalue weighted by molar-refractivity contribution is 7.89. The number of rotatable bonds is 3. The number of aromatic nitrogens is 1. The quantitative estimate of drug-likeness (QED) is 0.833. The van der Waals surface area contributed by atoms with Gasteiger partial charge in [-0.3, -0.25) is 4.98 Å². The number of hydrogen-bond acceptors (Lipinski definition) is 3. The van der Waals surface area contributed by atoms with Crippen LogP contribution in [0.4, 0.5) is 17.6 Å². The van der Waals surface area contributed by atoms with Crippen LogP contribution in [0.15, 0.2) is 23.2 Å². The van der Waals surface area contributed by atoms with Crippen molar-refractivity contribution >= 4 is 44.1 Å². The van der Waals surface area contributed by atoms with Gasteiger partial charge in [-0.05, 0) is 12.1 Å². The van der Waals surface area contributed by atoms with E-state index in [0.29, 0.717) is 0 Å².